The first-order valence-electron chi connectivity index (χ1n) is 6.89. The molecule has 2 aliphatic heterocycles. The molecule has 2 fully saturated rings. The lowest BCUT2D eigenvalue weighted by atomic mass is 9.89. The van der Waals surface area contributed by atoms with Crippen LogP contribution < -0.4 is 5.32 Å². The van der Waals surface area contributed by atoms with E-state index in [1.165, 1.54) is 0 Å². The molecule has 2 amide bonds. The standard InChI is InChI=1S/C13H22N2O4/c1-3-8(7-19-2)14-13(18)15-9-4-5-11(15)10(6-9)12(16)17/h8-11H,3-7H2,1-2H3,(H,14,18)(H,16,17). The number of hydrogen-bond acceptors (Lipinski definition) is 3. The van der Waals surface area contributed by atoms with Crippen LogP contribution in [0.15, 0.2) is 0 Å². The third kappa shape index (κ3) is 2.68. The lowest BCUT2D eigenvalue weighted by Crippen LogP contribution is -2.48. The summed E-state index contributed by atoms with van der Waals surface area (Å²) in [6, 6.07) is -0.199. The van der Waals surface area contributed by atoms with Gasteiger partial charge in [0.2, 0.25) is 0 Å². The number of amides is 2. The van der Waals surface area contributed by atoms with Gasteiger partial charge in [-0.3, -0.25) is 4.79 Å². The highest BCUT2D eigenvalue weighted by atomic mass is 16.5. The number of methoxy groups -OCH3 is 1. The Labute approximate surface area is 113 Å². The zero-order valence-electron chi connectivity index (χ0n) is 11.5. The van der Waals surface area contributed by atoms with Gasteiger partial charge in [0.25, 0.3) is 0 Å². The van der Waals surface area contributed by atoms with Crippen LogP contribution in [0.4, 0.5) is 4.79 Å². The van der Waals surface area contributed by atoms with Crippen molar-refractivity contribution in [2.45, 2.75) is 50.7 Å². The molecular weight excluding hydrogens is 248 g/mol. The Hall–Kier alpha value is -1.30. The molecule has 2 saturated heterocycles. The van der Waals surface area contributed by atoms with E-state index in [1.54, 1.807) is 12.0 Å². The van der Waals surface area contributed by atoms with Gasteiger partial charge in [0.05, 0.1) is 18.6 Å². The van der Waals surface area contributed by atoms with Gasteiger partial charge in [-0.05, 0) is 25.7 Å². The molecule has 6 nitrogen and oxygen atoms in total. The topological polar surface area (TPSA) is 78.9 Å². The molecule has 4 atom stereocenters. The van der Waals surface area contributed by atoms with Crippen molar-refractivity contribution in [2.24, 2.45) is 5.92 Å². The van der Waals surface area contributed by atoms with Crippen molar-refractivity contribution < 1.29 is 19.4 Å². The van der Waals surface area contributed by atoms with Crippen molar-refractivity contribution in [3.63, 3.8) is 0 Å². The molecule has 19 heavy (non-hydrogen) atoms. The maximum atomic E-state index is 12.3. The third-order valence-corrected chi connectivity index (χ3v) is 4.28. The molecule has 108 valence electrons. The molecule has 2 aliphatic rings. The first-order valence-corrected chi connectivity index (χ1v) is 6.89. The van der Waals surface area contributed by atoms with E-state index in [0.717, 1.165) is 19.3 Å². The van der Waals surface area contributed by atoms with E-state index < -0.39 is 11.9 Å². The maximum Gasteiger partial charge on any atom is 0.318 e. The molecule has 0 radical (unpaired) electrons. The predicted octanol–water partition coefficient (Wildman–Crippen LogP) is 1.06. The quantitative estimate of drug-likeness (QED) is 0.783. The lowest BCUT2D eigenvalue weighted by Gasteiger charge is -2.26. The smallest absolute Gasteiger partial charge is 0.318 e. The number of fused-ring (bicyclic) bond motifs is 2. The Balaban J connectivity index is 1.98. The first-order chi connectivity index (χ1) is 9.08. The highest BCUT2D eigenvalue weighted by Gasteiger charge is 2.51. The van der Waals surface area contributed by atoms with Crippen LogP contribution >= 0.6 is 0 Å². The highest BCUT2D eigenvalue weighted by Crippen LogP contribution is 2.41. The number of nitrogens with one attached hydrogen (secondary N) is 1. The summed E-state index contributed by atoms with van der Waals surface area (Å²) in [5.74, 6) is -1.18. The molecule has 2 bridgehead atoms. The van der Waals surface area contributed by atoms with Gasteiger partial charge in [-0.15, -0.1) is 0 Å². The van der Waals surface area contributed by atoms with Crippen LogP contribution in [-0.2, 0) is 9.53 Å². The van der Waals surface area contributed by atoms with E-state index in [0.29, 0.717) is 13.0 Å². The molecule has 6 heteroatoms. The number of hydrogen-bond donors (Lipinski definition) is 2. The van der Waals surface area contributed by atoms with Crippen LogP contribution in [0.25, 0.3) is 0 Å². The zero-order chi connectivity index (χ0) is 14.0. The van der Waals surface area contributed by atoms with Gasteiger partial charge in [0, 0.05) is 19.2 Å². The number of carboxylic acids is 1. The fourth-order valence-corrected chi connectivity index (χ4v) is 3.28. The Bertz CT molecular complexity index is 361. The number of rotatable bonds is 5. The van der Waals surface area contributed by atoms with E-state index in [4.69, 9.17) is 9.84 Å². The van der Waals surface area contributed by atoms with Gasteiger partial charge in [0.1, 0.15) is 0 Å². The van der Waals surface area contributed by atoms with E-state index in [9.17, 15) is 9.59 Å². The summed E-state index contributed by atoms with van der Waals surface area (Å²) in [4.78, 5) is 25.2. The van der Waals surface area contributed by atoms with E-state index in [2.05, 4.69) is 5.32 Å². The first kappa shape index (κ1) is 14.1. The number of carbonyl (C=O) groups is 2. The van der Waals surface area contributed by atoms with E-state index in [1.807, 2.05) is 6.92 Å². The highest BCUT2D eigenvalue weighted by molar-refractivity contribution is 5.79. The second-order valence-electron chi connectivity index (χ2n) is 5.40. The number of ether oxygens (including phenoxy) is 1. The van der Waals surface area contributed by atoms with Crippen LogP contribution in [0.2, 0.25) is 0 Å². The molecule has 2 N–H and O–H groups in total. The van der Waals surface area contributed by atoms with Crippen LogP contribution in [-0.4, -0.2) is 53.8 Å². The van der Waals surface area contributed by atoms with Crippen LogP contribution in [0.5, 0.6) is 0 Å². The molecule has 0 aromatic rings. The summed E-state index contributed by atoms with van der Waals surface area (Å²) >= 11 is 0. The molecule has 0 spiro atoms. The molecule has 4 unspecified atom stereocenters. The van der Waals surface area contributed by atoms with Gasteiger partial charge in [-0.2, -0.15) is 0 Å². The van der Waals surface area contributed by atoms with Crippen molar-refractivity contribution in [2.75, 3.05) is 13.7 Å². The van der Waals surface area contributed by atoms with Gasteiger partial charge in [-0.1, -0.05) is 6.92 Å². The minimum Gasteiger partial charge on any atom is -0.481 e. The summed E-state index contributed by atoms with van der Waals surface area (Å²) in [6.45, 7) is 2.47. The Morgan fingerprint density at radius 3 is 2.74 bits per heavy atom. The van der Waals surface area contributed by atoms with E-state index in [-0.39, 0.29) is 24.2 Å². The molecular formula is C13H22N2O4. The Kier molecular flexibility index (Phi) is 4.29. The number of nitrogens with zero attached hydrogens (tertiary/aromatic N) is 1. The second kappa shape index (κ2) is 5.77. The summed E-state index contributed by atoms with van der Waals surface area (Å²) in [5, 5.41) is 12.1. The molecule has 2 heterocycles. The van der Waals surface area contributed by atoms with Gasteiger partial charge >= 0.3 is 12.0 Å². The zero-order valence-corrected chi connectivity index (χ0v) is 11.5. The average molecular weight is 270 g/mol. The minimum absolute atomic E-state index is 0.0132. The molecule has 0 saturated carbocycles. The van der Waals surface area contributed by atoms with Gasteiger partial charge < -0.3 is 20.1 Å². The molecule has 0 aromatic heterocycles. The fraction of sp³-hybridized carbons (Fsp3) is 0.846. The fourth-order valence-electron chi connectivity index (χ4n) is 3.28. The summed E-state index contributed by atoms with van der Waals surface area (Å²) in [7, 11) is 1.61. The van der Waals surface area contributed by atoms with Crippen LogP contribution in [0.1, 0.15) is 32.6 Å². The number of aliphatic carboxylic acids is 1. The normalized spacial score (nSPS) is 30.4. The third-order valence-electron chi connectivity index (χ3n) is 4.28. The SMILES string of the molecule is CCC(COC)NC(=O)N1C2CCC1C(C(=O)O)C2. The summed E-state index contributed by atoms with van der Waals surface area (Å²) < 4.78 is 5.06. The Morgan fingerprint density at radius 1 is 1.47 bits per heavy atom. The number of urea groups is 1. The van der Waals surface area contributed by atoms with Crippen molar-refractivity contribution in [1.82, 2.24) is 10.2 Å². The molecule has 0 aromatic carbocycles. The number of carbonyl (C=O) groups excluding carboxylic acids is 1. The van der Waals surface area contributed by atoms with Crippen molar-refractivity contribution >= 4 is 12.0 Å². The maximum absolute atomic E-state index is 12.3. The summed E-state index contributed by atoms with van der Waals surface area (Å²) in [6.07, 6.45) is 3.11. The lowest BCUT2D eigenvalue weighted by molar-refractivity contribution is -0.142. The van der Waals surface area contributed by atoms with Crippen LogP contribution in [0, 0.1) is 5.92 Å². The predicted molar refractivity (Wildman–Crippen MR) is 68.9 cm³/mol. The molecule has 2 rings (SSSR count). The van der Waals surface area contributed by atoms with Crippen molar-refractivity contribution in [1.29, 1.82) is 0 Å². The second-order valence-corrected chi connectivity index (χ2v) is 5.40. The van der Waals surface area contributed by atoms with Gasteiger partial charge in [-0.25, -0.2) is 4.79 Å². The average Bonchev–Trinajstić information content (AvgIpc) is 2.95. The van der Waals surface area contributed by atoms with Crippen molar-refractivity contribution in [3.05, 3.63) is 0 Å². The Morgan fingerprint density at radius 2 is 2.21 bits per heavy atom. The molecule has 0 aliphatic carbocycles. The summed E-state index contributed by atoms with van der Waals surface area (Å²) in [5.41, 5.74) is 0. The monoisotopic (exact) mass is 270 g/mol. The van der Waals surface area contributed by atoms with Crippen LogP contribution in [0.3, 0.4) is 0 Å². The van der Waals surface area contributed by atoms with E-state index >= 15 is 0 Å². The van der Waals surface area contributed by atoms with Crippen molar-refractivity contribution in [3.8, 4) is 0 Å². The largest absolute Gasteiger partial charge is 0.481 e. The minimum atomic E-state index is -0.783. The number of carboxylic acid groups (broad SMARTS) is 1. The van der Waals surface area contributed by atoms with Gasteiger partial charge in [0.15, 0.2) is 0 Å².